The molecule has 0 aromatic rings. The van der Waals surface area contributed by atoms with E-state index in [0.717, 1.165) is 18.4 Å². The Morgan fingerprint density at radius 2 is 2.56 bits per heavy atom. The molecular formula is C7H10O2. The average molecular weight is 126 g/mol. The molecule has 0 amide bonds. The molecule has 0 radical (unpaired) electrons. The highest BCUT2D eigenvalue weighted by Gasteiger charge is 2.21. The van der Waals surface area contributed by atoms with Crippen molar-refractivity contribution in [2.24, 2.45) is 5.92 Å². The van der Waals surface area contributed by atoms with Crippen molar-refractivity contribution in [1.29, 1.82) is 0 Å². The lowest BCUT2D eigenvalue weighted by Gasteiger charge is -2.02. The van der Waals surface area contributed by atoms with Gasteiger partial charge in [0, 0.05) is 0 Å². The first-order valence-corrected chi connectivity index (χ1v) is 3.11. The molecule has 9 heavy (non-hydrogen) atoms. The van der Waals surface area contributed by atoms with E-state index < -0.39 is 5.97 Å². The van der Waals surface area contributed by atoms with Crippen LogP contribution in [0.4, 0.5) is 0 Å². The molecule has 1 aliphatic rings. The van der Waals surface area contributed by atoms with Crippen LogP contribution in [0.2, 0.25) is 0 Å². The van der Waals surface area contributed by atoms with Crippen LogP contribution < -0.4 is 0 Å². The Hall–Kier alpha value is -0.790. The van der Waals surface area contributed by atoms with Crippen LogP contribution in [0.5, 0.6) is 0 Å². The van der Waals surface area contributed by atoms with Crippen LogP contribution in [-0.2, 0) is 4.79 Å². The summed E-state index contributed by atoms with van der Waals surface area (Å²) in [6, 6.07) is 0. The van der Waals surface area contributed by atoms with Crippen LogP contribution in [0.1, 0.15) is 19.8 Å². The Bertz CT molecular complexity index is 158. The number of hydrogen-bond donors (Lipinski definition) is 1. The van der Waals surface area contributed by atoms with Gasteiger partial charge >= 0.3 is 5.97 Å². The second-order valence-electron chi connectivity index (χ2n) is 2.42. The lowest BCUT2D eigenvalue weighted by Crippen LogP contribution is -2.10. The highest BCUT2D eigenvalue weighted by atomic mass is 16.4. The number of hydrogen-bond acceptors (Lipinski definition) is 1. The van der Waals surface area contributed by atoms with Crippen molar-refractivity contribution in [3.8, 4) is 0 Å². The van der Waals surface area contributed by atoms with E-state index in [1.54, 1.807) is 0 Å². The molecule has 0 aromatic heterocycles. The summed E-state index contributed by atoms with van der Waals surface area (Å²) >= 11 is 0. The minimum absolute atomic E-state index is 0.190. The first kappa shape index (κ1) is 6.33. The van der Waals surface area contributed by atoms with E-state index in [9.17, 15) is 4.79 Å². The molecule has 2 heteroatoms. The van der Waals surface area contributed by atoms with Crippen molar-refractivity contribution in [2.75, 3.05) is 0 Å². The Labute approximate surface area is 54.2 Å². The van der Waals surface area contributed by atoms with Gasteiger partial charge in [-0.1, -0.05) is 11.6 Å². The molecule has 0 saturated carbocycles. The summed E-state index contributed by atoms with van der Waals surface area (Å²) in [6.07, 6.45) is 3.72. The number of allylic oxidation sites excluding steroid dienone is 1. The molecule has 2 nitrogen and oxygen atoms in total. The van der Waals surface area contributed by atoms with Gasteiger partial charge in [0.1, 0.15) is 0 Å². The number of carbonyl (C=O) groups is 1. The minimum Gasteiger partial charge on any atom is -0.481 e. The summed E-state index contributed by atoms with van der Waals surface area (Å²) in [4.78, 5) is 10.4. The van der Waals surface area contributed by atoms with Gasteiger partial charge in [-0.2, -0.15) is 0 Å². The summed E-state index contributed by atoms with van der Waals surface area (Å²) in [6.45, 7) is 1.88. The molecule has 0 bridgehead atoms. The Morgan fingerprint density at radius 1 is 1.89 bits per heavy atom. The van der Waals surface area contributed by atoms with Crippen LogP contribution in [-0.4, -0.2) is 11.1 Å². The van der Waals surface area contributed by atoms with Gasteiger partial charge in [0.2, 0.25) is 0 Å². The van der Waals surface area contributed by atoms with Gasteiger partial charge < -0.3 is 5.11 Å². The molecular weight excluding hydrogens is 116 g/mol. The molecule has 1 aliphatic carbocycles. The van der Waals surface area contributed by atoms with Gasteiger partial charge in [-0.3, -0.25) is 4.79 Å². The smallest absolute Gasteiger partial charge is 0.310 e. The quantitative estimate of drug-likeness (QED) is 0.539. The first-order valence-electron chi connectivity index (χ1n) is 3.11. The van der Waals surface area contributed by atoms with Gasteiger partial charge in [-0.25, -0.2) is 0 Å². The number of carboxylic acids is 1. The fourth-order valence-electron chi connectivity index (χ4n) is 1.17. The summed E-state index contributed by atoms with van der Waals surface area (Å²) in [7, 11) is 0. The minimum atomic E-state index is -0.679. The Balaban J connectivity index is 2.63. The standard InChI is InChI=1S/C7H10O2/c1-5-3-2-4-6(5)7(8)9/h3,6H,2,4H2,1H3,(H,8,9). The van der Waals surface area contributed by atoms with E-state index >= 15 is 0 Å². The Morgan fingerprint density at radius 3 is 2.78 bits per heavy atom. The molecule has 0 aliphatic heterocycles. The van der Waals surface area contributed by atoms with Crippen LogP contribution in [0.3, 0.4) is 0 Å². The van der Waals surface area contributed by atoms with Crippen molar-refractivity contribution in [3.63, 3.8) is 0 Å². The third-order valence-electron chi connectivity index (χ3n) is 1.77. The molecule has 1 rings (SSSR count). The monoisotopic (exact) mass is 126 g/mol. The van der Waals surface area contributed by atoms with Crippen molar-refractivity contribution in [2.45, 2.75) is 19.8 Å². The number of rotatable bonds is 1. The number of aliphatic carboxylic acids is 1. The summed E-state index contributed by atoms with van der Waals surface area (Å²) in [5.41, 5.74) is 1.02. The van der Waals surface area contributed by atoms with Crippen molar-refractivity contribution in [1.82, 2.24) is 0 Å². The van der Waals surface area contributed by atoms with Gasteiger partial charge in [-0.15, -0.1) is 0 Å². The van der Waals surface area contributed by atoms with Crippen molar-refractivity contribution in [3.05, 3.63) is 11.6 Å². The third kappa shape index (κ3) is 1.12. The van der Waals surface area contributed by atoms with Crippen LogP contribution >= 0.6 is 0 Å². The maximum absolute atomic E-state index is 10.4. The zero-order chi connectivity index (χ0) is 6.85. The molecule has 0 fully saturated rings. The molecule has 0 heterocycles. The molecule has 0 spiro atoms. The van der Waals surface area contributed by atoms with Gasteiger partial charge in [0.15, 0.2) is 0 Å². The highest BCUT2D eigenvalue weighted by molar-refractivity contribution is 5.74. The highest BCUT2D eigenvalue weighted by Crippen LogP contribution is 2.24. The second kappa shape index (κ2) is 2.21. The van der Waals surface area contributed by atoms with E-state index in [1.165, 1.54) is 0 Å². The van der Waals surface area contributed by atoms with Crippen LogP contribution in [0.15, 0.2) is 11.6 Å². The summed E-state index contributed by atoms with van der Waals surface area (Å²) < 4.78 is 0. The first-order chi connectivity index (χ1) is 4.22. The summed E-state index contributed by atoms with van der Waals surface area (Å²) in [5, 5.41) is 8.54. The van der Waals surface area contributed by atoms with E-state index in [-0.39, 0.29) is 5.92 Å². The van der Waals surface area contributed by atoms with E-state index in [4.69, 9.17) is 5.11 Å². The zero-order valence-corrected chi connectivity index (χ0v) is 5.42. The SMILES string of the molecule is CC1=CCCC1C(=O)O. The molecule has 0 aromatic carbocycles. The zero-order valence-electron chi connectivity index (χ0n) is 5.42. The van der Waals surface area contributed by atoms with Crippen molar-refractivity contribution < 1.29 is 9.90 Å². The van der Waals surface area contributed by atoms with Crippen LogP contribution in [0, 0.1) is 5.92 Å². The van der Waals surface area contributed by atoms with E-state index in [1.807, 2.05) is 13.0 Å². The fraction of sp³-hybridized carbons (Fsp3) is 0.571. The van der Waals surface area contributed by atoms with Gasteiger partial charge in [0.25, 0.3) is 0 Å². The molecule has 0 saturated heterocycles. The van der Waals surface area contributed by atoms with E-state index in [2.05, 4.69) is 0 Å². The normalized spacial score (nSPS) is 25.9. The molecule has 1 unspecified atom stereocenters. The topological polar surface area (TPSA) is 37.3 Å². The predicted octanol–water partition coefficient (Wildman–Crippen LogP) is 1.43. The van der Waals surface area contributed by atoms with E-state index in [0.29, 0.717) is 0 Å². The van der Waals surface area contributed by atoms with Crippen LogP contribution in [0.25, 0.3) is 0 Å². The van der Waals surface area contributed by atoms with Crippen molar-refractivity contribution >= 4 is 5.97 Å². The van der Waals surface area contributed by atoms with Gasteiger partial charge in [0.05, 0.1) is 5.92 Å². The molecule has 50 valence electrons. The second-order valence-corrected chi connectivity index (χ2v) is 2.42. The molecule has 1 atom stereocenters. The number of carboxylic acid groups (broad SMARTS) is 1. The maximum Gasteiger partial charge on any atom is 0.310 e. The maximum atomic E-state index is 10.4. The predicted molar refractivity (Wildman–Crippen MR) is 34.1 cm³/mol. The summed E-state index contributed by atoms with van der Waals surface area (Å²) in [5.74, 6) is -0.869. The third-order valence-corrected chi connectivity index (χ3v) is 1.77. The van der Waals surface area contributed by atoms with Gasteiger partial charge in [-0.05, 0) is 19.8 Å². The lowest BCUT2D eigenvalue weighted by molar-refractivity contribution is -0.140. The molecule has 1 N–H and O–H groups in total. The lowest BCUT2D eigenvalue weighted by atomic mass is 10.0. The Kier molecular flexibility index (Phi) is 1.56. The average Bonchev–Trinajstić information content (AvgIpc) is 2.13. The fourth-order valence-corrected chi connectivity index (χ4v) is 1.17. The largest absolute Gasteiger partial charge is 0.481 e.